The molecule has 2 heterocycles. The van der Waals surface area contributed by atoms with Crippen molar-refractivity contribution >= 4 is 17.5 Å². The Morgan fingerprint density at radius 3 is 2.45 bits per heavy atom. The molecule has 3 N–H and O–H groups in total. The molecule has 4 aromatic rings. The van der Waals surface area contributed by atoms with E-state index in [1.807, 2.05) is 36.4 Å². The van der Waals surface area contributed by atoms with E-state index in [0.29, 0.717) is 16.7 Å². The molecule has 0 saturated heterocycles. The topological polar surface area (TPSA) is 94.6 Å². The molecule has 0 aliphatic carbocycles. The highest BCUT2D eigenvalue weighted by atomic mass is 16.3. The van der Waals surface area contributed by atoms with Gasteiger partial charge in [-0.2, -0.15) is 0 Å². The van der Waals surface area contributed by atoms with Gasteiger partial charge in [-0.3, -0.25) is 14.6 Å². The van der Waals surface area contributed by atoms with Crippen molar-refractivity contribution in [2.24, 2.45) is 0 Å². The number of carbonyl (C=O) groups excluding carboxylic acids is 2. The van der Waals surface area contributed by atoms with Crippen molar-refractivity contribution in [3.05, 3.63) is 119 Å². The molecule has 1 aliphatic heterocycles. The lowest BCUT2D eigenvalue weighted by Gasteiger charge is -2.25. The number of anilines is 1. The van der Waals surface area contributed by atoms with Gasteiger partial charge in [-0.15, -0.1) is 0 Å². The van der Waals surface area contributed by atoms with E-state index in [-0.39, 0.29) is 18.4 Å². The summed E-state index contributed by atoms with van der Waals surface area (Å²) in [7, 11) is 2.09. The van der Waals surface area contributed by atoms with Crippen molar-refractivity contribution in [3.63, 3.8) is 0 Å². The Hall–Kier alpha value is -4.33. The number of aliphatic hydroxyl groups is 1. The smallest absolute Gasteiger partial charge is 0.255 e. The quantitative estimate of drug-likeness (QED) is 0.344. The highest BCUT2D eigenvalue weighted by Gasteiger charge is 2.18. The molecule has 0 unspecified atom stereocenters. The molecule has 3 aromatic carbocycles. The summed E-state index contributed by atoms with van der Waals surface area (Å²) in [5, 5.41) is 16.0. The summed E-state index contributed by atoms with van der Waals surface area (Å²) in [6.45, 7) is 1.58. The second kappa shape index (κ2) is 11.4. The van der Waals surface area contributed by atoms with Crippen molar-refractivity contribution < 1.29 is 14.7 Å². The van der Waals surface area contributed by atoms with Crippen LogP contribution in [0.4, 0.5) is 5.69 Å². The van der Waals surface area contributed by atoms with Crippen molar-refractivity contribution in [1.29, 1.82) is 0 Å². The van der Waals surface area contributed by atoms with Crippen LogP contribution in [-0.4, -0.2) is 47.0 Å². The average Bonchev–Trinajstić information content (AvgIpc) is 2.96. The number of pyridine rings is 1. The summed E-state index contributed by atoms with van der Waals surface area (Å²) in [6, 6.07) is 23.4. The van der Waals surface area contributed by atoms with Crippen molar-refractivity contribution in [2.75, 3.05) is 25.5 Å². The molecule has 0 radical (unpaired) electrons. The van der Waals surface area contributed by atoms with E-state index in [1.165, 1.54) is 11.1 Å². The van der Waals surface area contributed by atoms with E-state index in [9.17, 15) is 14.7 Å². The Kier molecular flexibility index (Phi) is 7.58. The number of amides is 2. The molecule has 2 amide bonds. The number of nitrogens with zero attached hydrogens (tertiary/aromatic N) is 2. The molecule has 7 heteroatoms. The Balaban J connectivity index is 1.29. The lowest BCUT2D eigenvalue weighted by molar-refractivity contribution is 0.0916. The molecule has 0 fully saturated rings. The van der Waals surface area contributed by atoms with Crippen molar-refractivity contribution in [1.82, 2.24) is 15.2 Å². The van der Waals surface area contributed by atoms with Crippen LogP contribution in [-0.2, 0) is 13.0 Å². The number of aliphatic hydroxyl groups excluding tert-OH is 1. The van der Waals surface area contributed by atoms with Crippen LogP contribution in [0.2, 0.25) is 0 Å². The van der Waals surface area contributed by atoms with E-state index < -0.39 is 6.04 Å². The van der Waals surface area contributed by atoms with Gasteiger partial charge < -0.3 is 20.6 Å². The van der Waals surface area contributed by atoms with Gasteiger partial charge in [0.05, 0.1) is 12.6 Å². The summed E-state index contributed by atoms with van der Waals surface area (Å²) >= 11 is 0. The van der Waals surface area contributed by atoms with Crippen molar-refractivity contribution in [2.45, 2.75) is 19.0 Å². The number of aromatic nitrogens is 1. The molecule has 192 valence electrons. The summed E-state index contributed by atoms with van der Waals surface area (Å²) < 4.78 is 0. The minimum absolute atomic E-state index is 0.246. The van der Waals surface area contributed by atoms with Crippen LogP contribution in [0.5, 0.6) is 0 Å². The molecule has 7 nitrogen and oxygen atoms in total. The molecule has 1 atom stereocenters. The second-order valence-electron chi connectivity index (χ2n) is 9.58. The summed E-state index contributed by atoms with van der Waals surface area (Å²) in [5.41, 5.74) is 6.71. The number of nitrogens with one attached hydrogen (secondary N) is 2. The maximum atomic E-state index is 13.1. The summed E-state index contributed by atoms with van der Waals surface area (Å²) in [6.07, 6.45) is 4.42. The SMILES string of the molecule is CN1CCc2ccc(NC(=O)c3cccc([C@@H](CO)NC(=O)c4cccc(-c5ccncc5)c4)c3)cc2C1. The largest absolute Gasteiger partial charge is 0.394 e. The normalized spacial score (nSPS) is 13.8. The molecular weight excluding hydrogens is 476 g/mol. The maximum Gasteiger partial charge on any atom is 0.255 e. The summed E-state index contributed by atoms with van der Waals surface area (Å²) in [4.78, 5) is 32.4. The number of hydrogen-bond acceptors (Lipinski definition) is 5. The van der Waals surface area contributed by atoms with Gasteiger partial charge in [0.2, 0.25) is 0 Å². The van der Waals surface area contributed by atoms with Crippen LogP contribution in [0.15, 0.2) is 91.3 Å². The number of likely N-dealkylation sites (N-methyl/N-ethyl adjacent to an activating group) is 1. The fraction of sp³-hybridized carbons (Fsp3) is 0.194. The first-order chi connectivity index (χ1) is 18.5. The Bertz CT molecular complexity index is 1450. The Morgan fingerprint density at radius 1 is 0.895 bits per heavy atom. The van der Waals surface area contributed by atoms with E-state index in [1.54, 1.807) is 48.8 Å². The van der Waals surface area contributed by atoms with E-state index in [2.05, 4.69) is 33.6 Å². The molecule has 0 spiro atoms. The average molecular weight is 507 g/mol. The zero-order chi connectivity index (χ0) is 26.5. The molecular formula is C31H30N4O3. The maximum absolute atomic E-state index is 13.1. The fourth-order valence-electron chi connectivity index (χ4n) is 4.74. The van der Waals surface area contributed by atoms with E-state index in [0.717, 1.165) is 36.3 Å². The van der Waals surface area contributed by atoms with Crippen LogP contribution in [0.1, 0.15) is 43.4 Å². The van der Waals surface area contributed by atoms with Gasteiger partial charge in [0.15, 0.2) is 0 Å². The monoisotopic (exact) mass is 506 g/mol. The van der Waals surface area contributed by atoms with Gasteiger partial charge in [-0.1, -0.05) is 30.3 Å². The van der Waals surface area contributed by atoms with Gasteiger partial charge in [-0.05, 0) is 89.8 Å². The number of fused-ring (bicyclic) bond motifs is 1. The molecule has 38 heavy (non-hydrogen) atoms. The third-order valence-electron chi connectivity index (χ3n) is 6.84. The third-order valence-corrected chi connectivity index (χ3v) is 6.84. The summed E-state index contributed by atoms with van der Waals surface area (Å²) in [5.74, 6) is -0.558. The first-order valence-electron chi connectivity index (χ1n) is 12.6. The van der Waals surface area contributed by atoms with Crippen LogP contribution < -0.4 is 10.6 Å². The fourth-order valence-corrected chi connectivity index (χ4v) is 4.74. The molecule has 0 bridgehead atoms. The highest BCUT2D eigenvalue weighted by molar-refractivity contribution is 6.04. The van der Waals surface area contributed by atoms with E-state index >= 15 is 0 Å². The Labute approximate surface area is 222 Å². The standard InChI is InChI=1S/C31H30N4O3/c1-35-15-12-21-8-9-28(18-27(21)19-35)33-30(37)26-7-3-5-24(17-26)29(20-36)34-31(38)25-6-2-4-23(16-25)22-10-13-32-14-11-22/h2-11,13-14,16-18,29,36H,12,15,19-20H2,1H3,(H,33,37)(H,34,38)/t29-/m1/s1. The first kappa shape index (κ1) is 25.3. The van der Waals surface area contributed by atoms with Gasteiger partial charge in [0.1, 0.15) is 0 Å². The highest BCUT2D eigenvalue weighted by Crippen LogP contribution is 2.24. The van der Waals surface area contributed by atoms with E-state index in [4.69, 9.17) is 0 Å². The van der Waals surface area contributed by atoms with Crippen LogP contribution in [0.25, 0.3) is 11.1 Å². The first-order valence-corrected chi connectivity index (χ1v) is 12.6. The number of carbonyl (C=O) groups is 2. The molecule has 5 rings (SSSR count). The number of rotatable bonds is 7. The molecule has 1 aliphatic rings. The number of hydrogen-bond donors (Lipinski definition) is 3. The third kappa shape index (κ3) is 5.80. The van der Waals surface area contributed by atoms with Crippen LogP contribution >= 0.6 is 0 Å². The molecule has 1 aromatic heterocycles. The molecule has 0 saturated carbocycles. The minimum Gasteiger partial charge on any atom is -0.394 e. The number of benzene rings is 3. The van der Waals surface area contributed by atoms with Crippen LogP contribution in [0, 0.1) is 0 Å². The Morgan fingerprint density at radius 2 is 1.66 bits per heavy atom. The van der Waals surface area contributed by atoms with Gasteiger partial charge in [-0.25, -0.2) is 0 Å². The predicted molar refractivity (Wildman–Crippen MR) is 148 cm³/mol. The van der Waals surface area contributed by atoms with Crippen molar-refractivity contribution in [3.8, 4) is 11.1 Å². The second-order valence-corrected chi connectivity index (χ2v) is 9.58. The lowest BCUT2D eigenvalue weighted by atomic mass is 9.99. The van der Waals surface area contributed by atoms with Gasteiger partial charge in [0.25, 0.3) is 11.8 Å². The predicted octanol–water partition coefficient (Wildman–Crippen LogP) is 4.45. The lowest BCUT2D eigenvalue weighted by Crippen LogP contribution is -2.31. The zero-order valence-electron chi connectivity index (χ0n) is 21.2. The minimum atomic E-state index is -0.667. The zero-order valence-corrected chi connectivity index (χ0v) is 21.2. The van der Waals surface area contributed by atoms with Gasteiger partial charge >= 0.3 is 0 Å². The van der Waals surface area contributed by atoms with Crippen LogP contribution in [0.3, 0.4) is 0 Å². The van der Waals surface area contributed by atoms with Gasteiger partial charge in [0, 0.05) is 42.3 Å².